The number of nitrogens with zero attached hydrogens (tertiary/aromatic N) is 2. The van der Waals surface area contributed by atoms with Crippen molar-refractivity contribution in [3.05, 3.63) is 70.5 Å². The van der Waals surface area contributed by atoms with Crippen LogP contribution in [0.3, 0.4) is 0 Å². The third kappa shape index (κ3) is 9.69. The Balaban J connectivity index is 0.000000782. The summed E-state index contributed by atoms with van der Waals surface area (Å²) in [6, 6.07) is 10.7. The molecular weight excluding hydrogens is 584 g/mol. The van der Waals surface area contributed by atoms with E-state index in [1.807, 2.05) is 19.1 Å². The van der Waals surface area contributed by atoms with E-state index in [1.165, 1.54) is 12.1 Å². The molecule has 3 amide bonds. The van der Waals surface area contributed by atoms with E-state index in [0.717, 1.165) is 11.1 Å². The number of rotatable bonds is 9. The lowest BCUT2D eigenvalue weighted by Crippen LogP contribution is -2.65. The first-order valence-electron chi connectivity index (χ1n) is 13.1. The van der Waals surface area contributed by atoms with Crippen LogP contribution in [-0.2, 0) is 32.0 Å². The van der Waals surface area contributed by atoms with Crippen molar-refractivity contribution in [3.8, 4) is 0 Å². The summed E-state index contributed by atoms with van der Waals surface area (Å²) in [4.78, 5) is 51.7. The summed E-state index contributed by atoms with van der Waals surface area (Å²) in [6.45, 7) is 2.44. The maximum Gasteiger partial charge on any atom is 0.490 e. The average Bonchev–Trinajstić information content (AvgIpc) is 2.94. The smallest absolute Gasteiger partial charge is 0.475 e. The highest BCUT2D eigenvalue weighted by Crippen LogP contribution is 2.22. The molecule has 0 aromatic heterocycles. The molecule has 1 heterocycles. The van der Waals surface area contributed by atoms with Crippen LogP contribution < -0.4 is 11.1 Å². The van der Waals surface area contributed by atoms with Crippen molar-refractivity contribution in [1.82, 2.24) is 15.1 Å². The molecule has 9 nitrogen and oxygen atoms in total. The number of nitrogens with two attached hydrogens (primary N) is 1. The number of benzene rings is 2. The number of amides is 3. The average molecular weight is 617 g/mol. The van der Waals surface area contributed by atoms with Crippen LogP contribution in [0, 0.1) is 5.82 Å². The predicted molar refractivity (Wildman–Crippen MR) is 147 cm³/mol. The van der Waals surface area contributed by atoms with Crippen molar-refractivity contribution in [2.24, 2.45) is 5.73 Å². The predicted octanol–water partition coefficient (Wildman–Crippen LogP) is 3.18. The molecule has 0 saturated carbocycles. The first kappa shape index (κ1) is 34.5. The molecule has 2 aromatic rings. The number of hydrogen-bond acceptors (Lipinski definition) is 5. The molecule has 0 spiro atoms. The van der Waals surface area contributed by atoms with Crippen molar-refractivity contribution in [3.63, 3.8) is 0 Å². The minimum absolute atomic E-state index is 0.222. The summed E-state index contributed by atoms with van der Waals surface area (Å²) in [5, 5.41) is 10.4. The zero-order valence-corrected chi connectivity index (χ0v) is 23.8. The molecule has 1 saturated heterocycles. The van der Waals surface area contributed by atoms with Gasteiger partial charge in [0.05, 0.1) is 6.04 Å². The van der Waals surface area contributed by atoms with Crippen molar-refractivity contribution in [1.29, 1.82) is 0 Å². The molecule has 2 aromatic carbocycles. The number of carbonyl (C=O) groups excluding carboxylic acids is 3. The van der Waals surface area contributed by atoms with E-state index < -0.39 is 30.3 Å². The van der Waals surface area contributed by atoms with Gasteiger partial charge in [-0.3, -0.25) is 14.4 Å². The number of carbonyl (C=O) groups is 4. The molecule has 0 radical (unpaired) electrons. The molecule has 1 aliphatic heterocycles. The zero-order valence-electron chi connectivity index (χ0n) is 23.0. The number of aliphatic carboxylic acids is 1. The lowest BCUT2D eigenvalue weighted by atomic mass is 9.97. The van der Waals surface area contributed by atoms with E-state index in [4.69, 9.17) is 27.2 Å². The summed E-state index contributed by atoms with van der Waals surface area (Å²) in [5.74, 6) is -3.97. The third-order valence-electron chi connectivity index (χ3n) is 6.57. The number of carboxylic acids is 1. The van der Waals surface area contributed by atoms with E-state index in [1.54, 1.807) is 41.1 Å². The summed E-state index contributed by atoms with van der Waals surface area (Å²) in [7, 11) is 1.54. The van der Waals surface area contributed by atoms with E-state index in [-0.39, 0.29) is 43.0 Å². The van der Waals surface area contributed by atoms with Gasteiger partial charge in [0.25, 0.3) is 0 Å². The van der Waals surface area contributed by atoms with Gasteiger partial charge in [-0.05, 0) is 48.2 Å². The first-order valence-corrected chi connectivity index (χ1v) is 13.4. The lowest BCUT2D eigenvalue weighted by Gasteiger charge is -2.44. The Labute approximate surface area is 245 Å². The molecule has 14 heteroatoms. The molecule has 3 rings (SSSR count). The Kier molecular flexibility index (Phi) is 12.7. The lowest BCUT2D eigenvalue weighted by molar-refractivity contribution is -0.192. The van der Waals surface area contributed by atoms with E-state index in [0.29, 0.717) is 24.3 Å². The van der Waals surface area contributed by atoms with Gasteiger partial charge in [0.1, 0.15) is 17.9 Å². The number of nitrogens with one attached hydrogen (secondary N) is 1. The van der Waals surface area contributed by atoms with Crippen molar-refractivity contribution in [2.45, 2.75) is 56.9 Å². The minimum Gasteiger partial charge on any atom is -0.475 e. The van der Waals surface area contributed by atoms with Crippen LogP contribution in [0.5, 0.6) is 0 Å². The minimum atomic E-state index is -5.08. The molecule has 0 aliphatic carbocycles. The Hall–Kier alpha value is -3.71. The maximum atomic E-state index is 13.6. The van der Waals surface area contributed by atoms with Gasteiger partial charge < -0.3 is 26.0 Å². The van der Waals surface area contributed by atoms with Gasteiger partial charge in [-0.15, -0.1) is 0 Å². The van der Waals surface area contributed by atoms with Gasteiger partial charge >= 0.3 is 12.1 Å². The quantitative estimate of drug-likeness (QED) is 0.371. The molecule has 1 fully saturated rings. The van der Waals surface area contributed by atoms with Gasteiger partial charge in [0.15, 0.2) is 0 Å². The van der Waals surface area contributed by atoms with Crippen LogP contribution in [0.4, 0.5) is 17.6 Å². The topological polar surface area (TPSA) is 133 Å². The van der Waals surface area contributed by atoms with Gasteiger partial charge in [-0.25, -0.2) is 9.18 Å². The van der Waals surface area contributed by atoms with E-state index in [9.17, 15) is 31.9 Å². The van der Waals surface area contributed by atoms with Gasteiger partial charge in [0, 0.05) is 31.6 Å². The summed E-state index contributed by atoms with van der Waals surface area (Å²) >= 11 is 5.98. The maximum absolute atomic E-state index is 13.6. The molecule has 1 aliphatic rings. The standard InChI is InChI=1S/C26H32ClFN4O3.C2HF3O2/c1-3-4-22-26(35)32(23(24(33)30-2)16-18-5-9-19(27)10-6-18)14-13-31(22)25(34)21(29)15-17-7-11-20(28)12-8-17;3-2(4,5)1(6)7/h5-12,21-23H,3-4,13-16,29H2,1-2H3,(H,30,33);(H,6,7). The Morgan fingerprint density at radius 1 is 1.05 bits per heavy atom. The van der Waals surface area contributed by atoms with Crippen LogP contribution in [0.1, 0.15) is 30.9 Å². The molecule has 42 heavy (non-hydrogen) atoms. The number of alkyl halides is 3. The fourth-order valence-corrected chi connectivity index (χ4v) is 4.59. The van der Waals surface area contributed by atoms with Gasteiger partial charge in [-0.2, -0.15) is 13.2 Å². The molecule has 4 N–H and O–H groups in total. The second-order valence-corrected chi connectivity index (χ2v) is 10.0. The summed E-state index contributed by atoms with van der Waals surface area (Å²) in [6.07, 6.45) is -3.36. The van der Waals surface area contributed by atoms with Crippen molar-refractivity contribution < 1.29 is 41.8 Å². The van der Waals surface area contributed by atoms with Crippen LogP contribution >= 0.6 is 11.6 Å². The Morgan fingerprint density at radius 2 is 1.57 bits per heavy atom. The summed E-state index contributed by atoms with van der Waals surface area (Å²) < 4.78 is 44.9. The fourth-order valence-electron chi connectivity index (χ4n) is 4.46. The first-order chi connectivity index (χ1) is 19.7. The summed E-state index contributed by atoms with van der Waals surface area (Å²) in [5.41, 5.74) is 7.84. The van der Waals surface area contributed by atoms with E-state index in [2.05, 4.69) is 5.32 Å². The monoisotopic (exact) mass is 616 g/mol. The number of hydrogen-bond donors (Lipinski definition) is 3. The normalized spacial score (nSPS) is 16.7. The molecule has 3 unspecified atom stereocenters. The highest BCUT2D eigenvalue weighted by molar-refractivity contribution is 6.30. The number of likely N-dealkylation sites (N-methyl/N-ethyl adjacent to an activating group) is 1. The zero-order chi connectivity index (χ0) is 31.6. The second-order valence-electron chi connectivity index (χ2n) is 9.57. The van der Waals surface area contributed by atoms with Crippen LogP contribution in [0.25, 0.3) is 0 Å². The third-order valence-corrected chi connectivity index (χ3v) is 6.82. The second kappa shape index (κ2) is 15.5. The molecule has 230 valence electrons. The Morgan fingerprint density at radius 3 is 2.07 bits per heavy atom. The molecule has 0 bridgehead atoms. The highest BCUT2D eigenvalue weighted by atomic mass is 35.5. The SMILES string of the molecule is CCCC1C(=O)N(C(Cc2ccc(Cl)cc2)C(=O)NC)CCN1C(=O)C(N)Cc1ccc(F)cc1.O=C(O)C(F)(F)F. The largest absolute Gasteiger partial charge is 0.490 e. The number of carboxylic acid groups (broad SMARTS) is 1. The Bertz CT molecular complexity index is 1230. The highest BCUT2D eigenvalue weighted by Gasteiger charge is 2.42. The van der Waals surface area contributed by atoms with Crippen molar-refractivity contribution in [2.75, 3.05) is 20.1 Å². The van der Waals surface area contributed by atoms with Crippen LogP contribution in [0.15, 0.2) is 48.5 Å². The number of piperazine rings is 1. The van der Waals surface area contributed by atoms with Crippen LogP contribution in [-0.4, -0.2) is 83.0 Å². The van der Waals surface area contributed by atoms with Gasteiger partial charge in [0.2, 0.25) is 17.7 Å². The molecule has 3 atom stereocenters. The van der Waals surface area contributed by atoms with Gasteiger partial charge in [-0.1, -0.05) is 49.2 Å². The van der Waals surface area contributed by atoms with Crippen molar-refractivity contribution >= 4 is 35.3 Å². The fraction of sp³-hybridized carbons (Fsp3) is 0.429. The number of halogens is 5. The molecular formula is C28H33ClF4N4O5. The van der Waals surface area contributed by atoms with Crippen LogP contribution in [0.2, 0.25) is 5.02 Å². The van der Waals surface area contributed by atoms with E-state index >= 15 is 0 Å².